The van der Waals surface area contributed by atoms with Gasteiger partial charge in [0.05, 0.1) is 5.02 Å². The molecular weight excluding hydrogens is 303 g/mol. The Morgan fingerprint density at radius 1 is 1.24 bits per heavy atom. The van der Waals surface area contributed by atoms with Gasteiger partial charge in [0.15, 0.2) is 6.17 Å². The molecule has 0 amide bonds. The summed E-state index contributed by atoms with van der Waals surface area (Å²) in [6.45, 7) is 1.03. The monoisotopic (exact) mass is 315 g/mol. The Kier molecular flexibility index (Phi) is 5.07. The molecule has 2 rings (SSSR count). The number of hydrogen-bond acceptors (Lipinski definition) is 2. The molecule has 2 aromatic rings. The number of aromatic nitrogens is 1. The lowest BCUT2D eigenvalue weighted by Gasteiger charge is -2.13. The molecule has 1 aromatic heterocycles. The largest absolute Gasteiger partial charge is 0.457 e. The van der Waals surface area contributed by atoms with E-state index in [1.54, 1.807) is 12.1 Å². The molecule has 0 saturated carbocycles. The topological polar surface area (TPSA) is 22.1 Å². The molecule has 0 radical (unpaired) electrons. The highest BCUT2D eigenvalue weighted by atomic mass is 35.5. The zero-order valence-electron chi connectivity index (χ0n) is 11.2. The molecule has 0 saturated heterocycles. The molecule has 112 valence electrons. The van der Waals surface area contributed by atoms with Crippen molar-refractivity contribution in [2.24, 2.45) is 0 Å². The van der Waals surface area contributed by atoms with Crippen LogP contribution in [0, 0.1) is 5.82 Å². The Labute approximate surface area is 125 Å². The molecule has 0 aliphatic rings. The summed E-state index contributed by atoms with van der Waals surface area (Å²) in [5.41, 5.74) is 1.21. The minimum Gasteiger partial charge on any atom is -0.457 e. The Morgan fingerprint density at radius 2 is 2.00 bits per heavy atom. The van der Waals surface area contributed by atoms with Gasteiger partial charge in [0.2, 0.25) is 0 Å². The van der Waals surface area contributed by atoms with Crippen molar-refractivity contribution in [2.75, 3.05) is 0 Å². The molecule has 0 spiro atoms. The van der Waals surface area contributed by atoms with Crippen LogP contribution in [0.1, 0.15) is 18.2 Å². The van der Waals surface area contributed by atoms with E-state index >= 15 is 0 Å². The van der Waals surface area contributed by atoms with Crippen LogP contribution in [-0.2, 0) is 6.42 Å². The van der Waals surface area contributed by atoms with Crippen LogP contribution in [0.3, 0.4) is 0 Å². The highest BCUT2D eigenvalue weighted by Crippen LogP contribution is 2.21. The van der Waals surface area contributed by atoms with E-state index in [2.05, 4.69) is 4.98 Å². The van der Waals surface area contributed by atoms with Crippen LogP contribution in [0.2, 0.25) is 5.02 Å². The fourth-order valence-electron chi connectivity index (χ4n) is 1.73. The third-order valence-corrected chi connectivity index (χ3v) is 2.94. The Morgan fingerprint density at radius 3 is 2.62 bits per heavy atom. The molecule has 0 N–H and O–H groups in total. The van der Waals surface area contributed by atoms with Gasteiger partial charge in [0.25, 0.3) is 6.36 Å². The first-order valence-electron chi connectivity index (χ1n) is 6.29. The maximum absolute atomic E-state index is 13.5. The molecule has 0 bridgehead atoms. The minimum absolute atomic E-state index is 0.0593. The van der Waals surface area contributed by atoms with Crippen LogP contribution in [0.15, 0.2) is 36.5 Å². The normalized spacial score (nSPS) is 13.8. The lowest BCUT2D eigenvalue weighted by molar-refractivity contribution is 0.00192. The zero-order valence-corrected chi connectivity index (χ0v) is 11.9. The van der Waals surface area contributed by atoms with Crippen LogP contribution in [0.5, 0.6) is 5.75 Å². The lowest BCUT2D eigenvalue weighted by Crippen LogP contribution is -2.20. The summed E-state index contributed by atoms with van der Waals surface area (Å²) in [6.07, 6.45) is -2.12. The lowest BCUT2D eigenvalue weighted by atomic mass is 10.1. The van der Waals surface area contributed by atoms with E-state index < -0.39 is 18.3 Å². The Balaban J connectivity index is 2.16. The molecular formula is C15H13ClF3NO. The van der Waals surface area contributed by atoms with Gasteiger partial charge in [-0.2, -0.15) is 4.39 Å². The van der Waals surface area contributed by atoms with Crippen molar-refractivity contribution in [2.45, 2.75) is 25.9 Å². The number of rotatable bonds is 5. The molecule has 2 nitrogen and oxygen atoms in total. The summed E-state index contributed by atoms with van der Waals surface area (Å²) in [7, 11) is 0. The molecule has 1 heterocycles. The maximum Gasteiger partial charge on any atom is 0.268 e. The predicted octanol–water partition coefficient (Wildman–Crippen LogP) is 4.50. The third-order valence-electron chi connectivity index (χ3n) is 2.71. The Bertz CT molecular complexity index is 604. The average molecular weight is 316 g/mol. The van der Waals surface area contributed by atoms with Crippen LogP contribution >= 0.6 is 11.6 Å². The zero-order chi connectivity index (χ0) is 15.4. The minimum atomic E-state index is -2.13. The number of benzene rings is 1. The van der Waals surface area contributed by atoms with Crippen molar-refractivity contribution < 1.29 is 17.9 Å². The number of nitrogens with zero attached hydrogens (tertiary/aromatic N) is 1. The van der Waals surface area contributed by atoms with Gasteiger partial charge in [-0.25, -0.2) is 8.78 Å². The van der Waals surface area contributed by atoms with Crippen LogP contribution in [0.25, 0.3) is 0 Å². The second-order valence-corrected chi connectivity index (χ2v) is 5.02. The van der Waals surface area contributed by atoms with Gasteiger partial charge >= 0.3 is 0 Å². The molecule has 6 heteroatoms. The molecule has 0 aliphatic carbocycles. The summed E-state index contributed by atoms with van der Waals surface area (Å²) in [5.74, 6) is -0.647. The van der Waals surface area contributed by atoms with Crippen LogP contribution < -0.4 is 4.74 Å². The molecule has 0 fully saturated rings. The fraction of sp³-hybridized carbons (Fsp3) is 0.267. The quantitative estimate of drug-likeness (QED) is 0.810. The second kappa shape index (κ2) is 6.80. The SMILES string of the molecule is CC(F)C(F)Oc1cc(F)cc(Cc2ccc(Cl)cn2)c1. The van der Waals surface area contributed by atoms with Gasteiger partial charge < -0.3 is 4.74 Å². The van der Waals surface area contributed by atoms with E-state index in [-0.39, 0.29) is 5.75 Å². The molecule has 21 heavy (non-hydrogen) atoms. The number of pyridine rings is 1. The van der Waals surface area contributed by atoms with E-state index in [9.17, 15) is 13.2 Å². The first-order chi connectivity index (χ1) is 9.94. The first-order valence-corrected chi connectivity index (χ1v) is 6.66. The summed E-state index contributed by atoms with van der Waals surface area (Å²) in [6, 6.07) is 7.12. The van der Waals surface area contributed by atoms with E-state index in [0.29, 0.717) is 22.7 Å². The van der Waals surface area contributed by atoms with Gasteiger partial charge in [-0.1, -0.05) is 11.6 Å². The summed E-state index contributed by atoms with van der Waals surface area (Å²) in [4.78, 5) is 4.09. The van der Waals surface area contributed by atoms with Gasteiger partial charge in [-0.05, 0) is 36.8 Å². The molecule has 2 unspecified atom stereocenters. The first kappa shape index (κ1) is 15.6. The highest BCUT2D eigenvalue weighted by molar-refractivity contribution is 6.30. The third kappa shape index (κ3) is 4.63. The van der Waals surface area contributed by atoms with Gasteiger partial charge in [0, 0.05) is 24.4 Å². The van der Waals surface area contributed by atoms with E-state index in [4.69, 9.17) is 16.3 Å². The van der Waals surface area contributed by atoms with Gasteiger partial charge in [-0.3, -0.25) is 4.98 Å². The van der Waals surface area contributed by atoms with Gasteiger partial charge in [0.1, 0.15) is 11.6 Å². The van der Waals surface area contributed by atoms with Crippen molar-refractivity contribution in [3.63, 3.8) is 0 Å². The number of halogens is 4. The van der Waals surface area contributed by atoms with E-state index in [1.807, 2.05) is 0 Å². The van der Waals surface area contributed by atoms with Crippen LogP contribution in [-0.4, -0.2) is 17.5 Å². The molecule has 2 atom stereocenters. The summed E-state index contributed by atoms with van der Waals surface area (Å²) in [5, 5.41) is 0.499. The van der Waals surface area contributed by atoms with Crippen molar-refractivity contribution in [3.05, 3.63) is 58.6 Å². The van der Waals surface area contributed by atoms with E-state index in [1.165, 1.54) is 18.3 Å². The average Bonchev–Trinajstić information content (AvgIpc) is 2.40. The van der Waals surface area contributed by atoms with Crippen molar-refractivity contribution >= 4 is 11.6 Å². The Hall–Kier alpha value is -1.75. The summed E-state index contributed by atoms with van der Waals surface area (Å²) < 4.78 is 44.2. The maximum atomic E-state index is 13.5. The van der Waals surface area contributed by atoms with Crippen molar-refractivity contribution in [1.82, 2.24) is 4.98 Å². The van der Waals surface area contributed by atoms with Gasteiger partial charge in [-0.15, -0.1) is 0 Å². The van der Waals surface area contributed by atoms with Crippen molar-refractivity contribution in [3.8, 4) is 5.75 Å². The number of hydrogen-bond donors (Lipinski definition) is 0. The van der Waals surface area contributed by atoms with Crippen LogP contribution in [0.4, 0.5) is 13.2 Å². The summed E-state index contributed by atoms with van der Waals surface area (Å²) >= 11 is 5.73. The second-order valence-electron chi connectivity index (χ2n) is 4.59. The fourth-order valence-corrected chi connectivity index (χ4v) is 1.85. The molecule has 1 aromatic carbocycles. The highest BCUT2D eigenvalue weighted by Gasteiger charge is 2.17. The van der Waals surface area contributed by atoms with E-state index in [0.717, 1.165) is 13.0 Å². The van der Waals surface area contributed by atoms with Crippen molar-refractivity contribution in [1.29, 1.82) is 0 Å². The smallest absolute Gasteiger partial charge is 0.268 e. The predicted molar refractivity (Wildman–Crippen MR) is 74.5 cm³/mol. The number of alkyl halides is 2. The molecule has 0 aliphatic heterocycles. The standard InChI is InChI=1S/C15H13ClF3NO/c1-9(17)15(19)21-14-6-10(4-12(18)7-14)5-13-3-2-11(16)8-20-13/h2-4,6-9,15H,5H2,1H3. The number of ether oxygens (including phenoxy) is 1.